The number of pyridine rings is 2. The molecule has 6 heteroatoms. The molecule has 0 bridgehead atoms. The van der Waals surface area contributed by atoms with Gasteiger partial charge < -0.3 is 4.74 Å². The molecule has 0 amide bonds. The maximum Gasteiger partial charge on any atom is 0.146 e. The summed E-state index contributed by atoms with van der Waals surface area (Å²) >= 11 is 0. The van der Waals surface area contributed by atoms with Crippen molar-refractivity contribution in [3.05, 3.63) is 67.0 Å². The van der Waals surface area contributed by atoms with Crippen molar-refractivity contribution in [3.8, 4) is 16.9 Å². The molecule has 0 atom stereocenters. The van der Waals surface area contributed by atoms with E-state index in [1.165, 1.54) is 0 Å². The summed E-state index contributed by atoms with van der Waals surface area (Å²) in [6.45, 7) is 0.486. The topological polar surface area (TPSA) is 57.2 Å². The van der Waals surface area contributed by atoms with Crippen molar-refractivity contribution in [1.29, 1.82) is 0 Å². The summed E-state index contributed by atoms with van der Waals surface area (Å²) in [5.41, 5.74) is 4.05. The quantitative estimate of drug-likeness (QED) is 0.582. The highest BCUT2D eigenvalue weighted by molar-refractivity contribution is 5.70. The second kappa shape index (κ2) is 5.57. The van der Waals surface area contributed by atoms with E-state index in [-0.39, 0.29) is 0 Å². The molecular formula is C17H15N5O. The summed E-state index contributed by atoms with van der Waals surface area (Å²) in [4.78, 5) is 4.02. The lowest BCUT2D eigenvalue weighted by Crippen LogP contribution is -1.98. The van der Waals surface area contributed by atoms with Gasteiger partial charge in [-0.25, -0.2) is 4.52 Å². The van der Waals surface area contributed by atoms with Crippen LogP contribution in [0, 0.1) is 0 Å². The molecule has 4 aromatic heterocycles. The predicted molar refractivity (Wildman–Crippen MR) is 86.0 cm³/mol. The number of ether oxygens (including phenoxy) is 1. The van der Waals surface area contributed by atoms with Crippen molar-refractivity contribution in [1.82, 2.24) is 24.4 Å². The van der Waals surface area contributed by atoms with Gasteiger partial charge in [-0.15, -0.1) is 0 Å². The predicted octanol–water partition coefficient (Wildman–Crippen LogP) is 2.71. The normalized spacial score (nSPS) is 11.0. The van der Waals surface area contributed by atoms with E-state index in [9.17, 15) is 0 Å². The molecule has 0 aliphatic carbocycles. The zero-order valence-electron chi connectivity index (χ0n) is 12.6. The molecule has 0 saturated carbocycles. The third kappa shape index (κ3) is 2.66. The molecule has 4 rings (SSSR count). The first-order valence-corrected chi connectivity index (χ1v) is 7.28. The first-order valence-electron chi connectivity index (χ1n) is 7.28. The molecule has 6 nitrogen and oxygen atoms in total. The lowest BCUT2D eigenvalue weighted by atomic mass is 10.1. The van der Waals surface area contributed by atoms with Crippen molar-refractivity contribution in [2.45, 2.75) is 6.61 Å². The lowest BCUT2D eigenvalue weighted by molar-refractivity contribution is 0.308. The van der Waals surface area contributed by atoms with Crippen LogP contribution >= 0.6 is 0 Å². The molecule has 0 aromatic carbocycles. The fourth-order valence-electron chi connectivity index (χ4n) is 2.48. The number of hydrogen-bond acceptors (Lipinski definition) is 4. The fourth-order valence-corrected chi connectivity index (χ4v) is 2.48. The van der Waals surface area contributed by atoms with Crippen LogP contribution in [0.5, 0.6) is 5.75 Å². The maximum absolute atomic E-state index is 6.02. The number of rotatable bonds is 4. The molecule has 0 radical (unpaired) electrons. The van der Waals surface area contributed by atoms with Crippen LogP contribution in [0.4, 0.5) is 0 Å². The highest BCUT2D eigenvalue weighted by Crippen LogP contribution is 2.28. The van der Waals surface area contributed by atoms with E-state index < -0.39 is 0 Å². The Morgan fingerprint density at radius 3 is 2.65 bits per heavy atom. The standard InChI is InChI=1S/C17H15N5O/c1-21-10-15(9-20-21)14-8-17(16-4-7-19-22(16)11-14)23-12-13-2-5-18-6-3-13/h2-11H,12H2,1H3. The Kier molecular flexibility index (Phi) is 3.27. The van der Waals surface area contributed by atoms with Gasteiger partial charge in [0.1, 0.15) is 17.9 Å². The molecule has 0 fully saturated rings. The Hall–Kier alpha value is -3.15. The molecule has 4 aromatic rings. The van der Waals surface area contributed by atoms with E-state index >= 15 is 0 Å². The number of fused-ring (bicyclic) bond motifs is 1. The molecule has 0 N–H and O–H groups in total. The van der Waals surface area contributed by atoms with E-state index in [4.69, 9.17) is 4.74 Å². The first-order chi connectivity index (χ1) is 11.3. The second-order valence-electron chi connectivity index (χ2n) is 5.30. The smallest absolute Gasteiger partial charge is 0.146 e. The van der Waals surface area contributed by atoms with Crippen LogP contribution in [-0.2, 0) is 13.7 Å². The molecule has 0 aliphatic heterocycles. The van der Waals surface area contributed by atoms with Gasteiger partial charge in [-0.2, -0.15) is 10.2 Å². The zero-order chi connectivity index (χ0) is 15.6. The minimum atomic E-state index is 0.486. The van der Waals surface area contributed by atoms with Gasteiger partial charge in [0.15, 0.2) is 0 Å². The van der Waals surface area contributed by atoms with Crippen molar-refractivity contribution < 1.29 is 4.74 Å². The summed E-state index contributed by atoms with van der Waals surface area (Å²) < 4.78 is 9.62. The second-order valence-corrected chi connectivity index (χ2v) is 5.30. The number of nitrogens with zero attached hydrogens (tertiary/aromatic N) is 5. The highest BCUT2D eigenvalue weighted by Gasteiger charge is 2.09. The Balaban J connectivity index is 1.71. The van der Waals surface area contributed by atoms with Gasteiger partial charge in [0.25, 0.3) is 0 Å². The van der Waals surface area contributed by atoms with Crippen molar-refractivity contribution in [2.24, 2.45) is 7.05 Å². The number of aromatic nitrogens is 5. The van der Waals surface area contributed by atoms with E-state index in [1.807, 2.05) is 54.4 Å². The third-order valence-corrected chi connectivity index (χ3v) is 3.65. The van der Waals surface area contributed by atoms with Gasteiger partial charge in [0, 0.05) is 43.0 Å². The van der Waals surface area contributed by atoms with Crippen molar-refractivity contribution >= 4 is 5.52 Å². The Bertz CT molecular complexity index is 942. The van der Waals surface area contributed by atoms with Gasteiger partial charge in [-0.05, 0) is 29.8 Å². The fraction of sp³-hybridized carbons (Fsp3) is 0.118. The van der Waals surface area contributed by atoms with Crippen LogP contribution < -0.4 is 4.74 Å². The molecule has 114 valence electrons. The molecular weight excluding hydrogens is 290 g/mol. The molecule has 4 heterocycles. The summed E-state index contributed by atoms with van der Waals surface area (Å²) in [6, 6.07) is 7.85. The van der Waals surface area contributed by atoms with Crippen LogP contribution in [0.1, 0.15) is 5.56 Å². The minimum absolute atomic E-state index is 0.486. The Morgan fingerprint density at radius 1 is 1.00 bits per heavy atom. The Morgan fingerprint density at radius 2 is 1.87 bits per heavy atom. The van der Waals surface area contributed by atoms with Crippen LogP contribution in [0.15, 0.2) is 61.4 Å². The average Bonchev–Trinajstić information content (AvgIpc) is 3.22. The summed E-state index contributed by atoms with van der Waals surface area (Å²) in [5.74, 6) is 0.792. The number of hydrogen-bond donors (Lipinski definition) is 0. The van der Waals surface area contributed by atoms with Gasteiger partial charge in [0.05, 0.1) is 12.4 Å². The Labute approximate surface area is 133 Å². The van der Waals surface area contributed by atoms with Gasteiger partial charge in [-0.3, -0.25) is 9.67 Å². The monoisotopic (exact) mass is 305 g/mol. The number of aryl methyl sites for hydroxylation is 1. The zero-order valence-corrected chi connectivity index (χ0v) is 12.6. The molecule has 0 aliphatic rings. The highest BCUT2D eigenvalue weighted by atomic mass is 16.5. The van der Waals surface area contributed by atoms with Crippen molar-refractivity contribution in [2.75, 3.05) is 0 Å². The van der Waals surface area contributed by atoms with Crippen molar-refractivity contribution in [3.63, 3.8) is 0 Å². The van der Waals surface area contributed by atoms with Gasteiger partial charge in [0.2, 0.25) is 0 Å². The molecule has 0 spiro atoms. The molecule has 0 saturated heterocycles. The van der Waals surface area contributed by atoms with Crippen LogP contribution in [0.25, 0.3) is 16.6 Å². The van der Waals surface area contributed by atoms with Gasteiger partial charge in [-0.1, -0.05) is 0 Å². The van der Waals surface area contributed by atoms with E-state index in [2.05, 4.69) is 15.2 Å². The summed E-state index contributed by atoms with van der Waals surface area (Å²) in [5, 5.41) is 8.55. The molecule has 23 heavy (non-hydrogen) atoms. The SMILES string of the molecule is Cn1cc(-c2cc(OCc3ccncc3)c3ccnn3c2)cn1. The van der Waals surface area contributed by atoms with E-state index in [0.717, 1.165) is 28.0 Å². The third-order valence-electron chi connectivity index (χ3n) is 3.65. The van der Waals surface area contributed by atoms with Crippen LogP contribution in [-0.4, -0.2) is 24.4 Å². The molecule has 0 unspecified atom stereocenters. The van der Waals surface area contributed by atoms with Crippen LogP contribution in [0.2, 0.25) is 0 Å². The van der Waals surface area contributed by atoms with E-state index in [1.54, 1.807) is 23.3 Å². The van der Waals surface area contributed by atoms with E-state index in [0.29, 0.717) is 6.61 Å². The average molecular weight is 305 g/mol. The van der Waals surface area contributed by atoms with Crippen LogP contribution in [0.3, 0.4) is 0 Å². The van der Waals surface area contributed by atoms with Gasteiger partial charge >= 0.3 is 0 Å². The first kappa shape index (κ1) is 13.5. The largest absolute Gasteiger partial charge is 0.487 e. The maximum atomic E-state index is 6.02. The minimum Gasteiger partial charge on any atom is -0.487 e. The lowest BCUT2D eigenvalue weighted by Gasteiger charge is -2.10. The summed E-state index contributed by atoms with van der Waals surface area (Å²) in [6.07, 6.45) is 11.1. The summed E-state index contributed by atoms with van der Waals surface area (Å²) in [7, 11) is 1.90.